The maximum Gasteiger partial charge on any atom is 0.330 e. The first kappa shape index (κ1) is 19.3. The average Bonchev–Trinajstić information content (AvgIpc) is 3.34. The van der Waals surface area contributed by atoms with E-state index in [4.69, 9.17) is 18.3 Å². The second-order valence-electron chi connectivity index (χ2n) is 5.45. The van der Waals surface area contributed by atoms with Gasteiger partial charge < -0.3 is 18.3 Å². The predicted molar refractivity (Wildman–Crippen MR) is 95.9 cm³/mol. The van der Waals surface area contributed by atoms with Crippen LogP contribution in [0.3, 0.4) is 0 Å². The molecule has 6 nitrogen and oxygen atoms in total. The van der Waals surface area contributed by atoms with Gasteiger partial charge in [-0.25, -0.2) is 9.59 Å². The van der Waals surface area contributed by atoms with Crippen molar-refractivity contribution >= 4 is 24.1 Å². The molecule has 0 N–H and O–H groups in total. The van der Waals surface area contributed by atoms with Gasteiger partial charge in [0, 0.05) is 12.2 Å². The summed E-state index contributed by atoms with van der Waals surface area (Å²) in [6.07, 6.45) is 12.2. The molecule has 2 aromatic rings. The summed E-state index contributed by atoms with van der Waals surface area (Å²) in [7, 11) is 0. The summed E-state index contributed by atoms with van der Waals surface area (Å²) in [4.78, 5) is 22.9. The van der Waals surface area contributed by atoms with Gasteiger partial charge in [-0.2, -0.15) is 0 Å². The predicted octanol–water partition coefficient (Wildman–Crippen LogP) is 4.25. The van der Waals surface area contributed by atoms with Crippen molar-refractivity contribution in [1.82, 2.24) is 0 Å². The van der Waals surface area contributed by atoms with Gasteiger partial charge in [-0.05, 0) is 62.1 Å². The fraction of sp³-hybridized carbons (Fsp3) is 0.300. The van der Waals surface area contributed by atoms with Gasteiger partial charge in [-0.15, -0.1) is 0 Å². The maximum atomic E-state index is 11.5. The third-order valence-electron chi connectivity index (χ3n) is 3.38. The van der Waals surface area contributed by atoms with Crippen molar-refractivity contribution in [3.63, 3.8) is 0 Å². The Hall–Kier alpha value is -3.02. The van der Waals surface area contributed by atoms with Crippen LogP contribution >= 0.6 is 0 Å². The number of furan rings is 2. The molecule has 0 fully saturated rings. The number of carbonyl (C=O) groups is 2. The van der Waals surface area contributed by atoms with Crippen LogP contribution < -0.4 is 0 Å². The molecule has 0 aliphatic heterocycles. The zero-order valence-electron chi connectivity index (χ0n) is 14.5. The van der Waals surface area contributed by atoms with Gasteiger partial charge in [0.05, 0.1) is 25.7 Å². The molecule has 26 heavy (non-hydrogen) atoms. The number of unbranched alkanes of at least 4 members (excludes halogenated alkanes) is 3. The molecule has 0 radical (unpaired) electrons. The number of rotatable bonds is 11. The van der Waals surface area contributed by atoms with Crippen molar-refractivity contribution in [2.24, 2.45) is 0 Å². The van der Waals surface area contributed by atoms with Crippen LogP contribution in [0, 0.1) is 0 Å². The molecular formula is C20H22O6. The topological polar surface area (TPSA) is 78.9 Å². The molecule has 0 aliphatic rings. The Morgan fingerprint density at radius 1 is 0.769 bits per heavy atom. The monoisotopic (exact) mass is 358 g/mol. The van der Waals surface area contributed by atoms with E-state index in [-0.39, 0.29) is 0 Å². The van der Waals surface area contributed by atoms with Gasteiger partial charge in [-0.1, -0.05) is 0 Å². The molecule has 0 saturated carbocycles. The highest BCUT2D eigenvalue weighted by atomic mass is 16.5. The number of ether oxygens (including phenoxy) is 2. The first-order valence-electron chi connectivity index (χ1n) is 8.51. The summed E-state index contributed by atoms with van der Waals surface area (Å²) < 4.78 is 20.3. The molecule has 2 rings (SSSR count). The lowest BCUT2D eigenvalue weighted by Gasteiger charge is -2.03. The Kier molecular flexibility index (Phi) is 8.55. The van der Waals surface area contributed by atoms with Crippen LogP contribution in [0.5, 0.6) is 0 Å². The summed E-state index contributed by atoms with van der Waals surface area (Å²) >= 11 is 0. The van der Waals surface area contributed by atoms with Gasteiger partial charge in [0.15, 0.2) is 0 Å². The Bertz CT molecular complexity index is 633. The molecule has 0 bridgehead atoms. The molecule has 2 aromatic heterocycles. The first-order chi connectivity index (χ1) is 12.7. The van der Waals surface area contributed by atoms with E-state index < -0.39 is 11.9 Å². The number of hydrogen-bond acceptors (Lipinski definition) is 6. The van der Waals surface area contributed by atoms with E-state index in [1.165, 1.54) is 24.7 Å². The van der Waals surface area contributed by atoms with Crippen molar-refractivity contribution < 1.29 is 27.9 Å². The zero-order valence-corrected chi connectivity index (χ0v) is 14.5. The number of esters is 2. The van der Waals surface area contributed by atoms with Crippen molar-refractivity contribution in [1.29, 1.82) is 0 Å². The minimum atomic E-state index is -0.390. The highest BCUT2D eigenvalue weighted by Crippen LogP contribution is 2.05. The molecule has 0 amide bonds. The quantitative estimate of drug-likeness (QED) is 0.339. The van der Waals surface area contributed by atoms with Gasteiger partial charge in [0.2, 0.25) is 0 Å². The third kappa shape index (κ3) is 8.19. The minimum Gasteiger partial charge on any atom is -0.465 e. The fourth-order valence-corrected chi connectivity index (χ4v) is 2.07. The summed E-state index contributed by atoms with van der Waals surface area (Å²) in [6.45, 7) is 0.736. The summed E-state index contributed by atoms with van der Waals surface area (Å²) in [5.74, 6) is 0.434. The second kappa shape index (κ2) is 11.5. The molecule has 0 atom stereocenters. The second-order valence-corrected chi connectivity index (χ2v) is 5.45. The lowest BCUT2D eigenvalue weighted by atomic mass is 10.2. The van der Waals surface area contributed by atoms with Gasteiger partial charge in [0.25, 0.3) is 0 Å². The Labute approximate surface area is 152 Å². The van der Waals surface area contributed by atoms with Crippen LogP contribution in [-0.2, 0) is 19.1 Å². The summed E-state index contributed by atoms with van der Waals surface area (Å²) in [5, 5.41) is 0. The molecular weight excluding hydrogens is 336 g/mol. The third-order valence-corrected chi connectivity index (χ3v) is 3.38. The van der Waals surface area contributed by atoms with Crippen LogP contribution in [-0.4, -0.2) is 25.2 Å². The van der Waals surface area contributed by atoms with Crippen LogP contribution in [0.1, 0.15) is 37.2 Å². The Morgan fingerprint density at radius 2 is 1.23 bits per heavy atom. The molecule has 0 spiro atoms. The first-order valence-corrected chi connectivity index (χ1v) is 8.51. The number of hydrogen-bond donors (Lipinski definition) is 0. The Balaban J connectivity index is 1.43. The van der Waals surface area contributed by atoms with E-state index in [0.717, 1.165) is 25.7 Å². The van der Waals surface area contributed by atoms with E-state index in [9.17, 15) is 9.59 Å². The van der Waals surface area contributed by atoms with Crippen molar-refractivity contribution in [2.75, 3.05) is 13.2 Å². The maximum absolute atomic E-state index is 11.5. The highest BCUT2D eigenvalue weighted by Gasteiger charge is 2.00. The highest BCUT2D eigenvalue weighted by molar-refractivity contribution is 5.87. The van der Waals surface area contributed by atoms with Gasteiger partial charge in [0.1, 0.15) is 11.5 Å². The van der Waals surface area contributed by atoms with E-state index in [2.05, 4.69) is 0 Å². The van der Waals surface area contributed by atoms with Gasteiger partial charge >= 0.3 is 11.9 Å². The molecule has 6 heteroatoms. The molecule has 2 heterocycles. The number of carbonyl (C=O) groups excluding carboxylic acids is 2. The van der Waals surface area contributed by atoms with Crippen molar-refractivity contribution in [3.8, 4) is 0 Å². The summed E-state index contributed by atoms with van der Waals surface area (Å²) in [6, 6.07) is 7.00. The smallest absolute Gasteiger partial charge is 0.330 e. The summed E-state index contributed by atoms with van der Waals surface area (Å²) in [5.41, 5.74) is 0. The average molecular weight is 358 g/mol. The lowest BCUT2D eigenvalue weighted by Crippen LogP contribution is -2.03. The van der Waals surface area contributed by atoms with E-state index in [0.29, 0.717) is 24.7 Å². The lowest BCUT2D eigenvalue weighted by molar-refractivity contribution is -0.139. The van der Waals surface area contributed by atoms with E-state index in [1.54, 1.807) is 36.4 Å². The van der Waals surface area contributed by atoms with Crippen LogP contribution in [0.2, 0.25) is 0 Å². The van der Waals surface area contributed by atoms with Crippen LogP contribution in [0.25, 0.3) is 12.2 Å². The molecule has 0 saturated heterocycles. The van der Waals surface area contributed by atoms with Crippen LogP contribution in [0.4, 0.5) is 0 Å². The van der Waals surface area contributed by atoms with E-state index >= 15 is 0 Å². The zero-order chi connectivity index (χ0) is 18.5. The Morgan fingerprint density at radius 3 is 1.62 bits per heavy atom. The minimum absolute atomic E-state index is 0.368. The van der Waals surface area contributed by atoms with Crippen molar-refractivity contribution in [3.05, 3.63) is 60.5 Å². The molecule has 0 aromatic carbocycles. The van der Waals surface area contributed by atoms with Crippen LogP contribution in [0.15, 0.2) is 57.8 Å². The standard InChI is InChI=1S/C20H22O6/c21-19(11-9-17-7-5-15-23-17)25-13-3-1-2-4-14-26-20(22)12-10-18-8-6-16-24-18/h5-12,15-16H,1-4,13-14H2. The van der Waals surface area contributed by atoms with Crippen molar-refractivity contribution in [2.45, 2.75) is 25.7 Å². The normalized spacial score (nSPS) is 11.2. The molecule has 0 aliphatic carbocycles. The SMILES string of the molecule is O=C(C=Cc1ccco1)OCCCCCCOC(=O)C=Cc1ccco1. The van der Waals surface area contributed by atoms with E-state index in [1.807, 2.05) is 0 Å². The molecule has 0 unspecified atom stereocenters. The molecule has 138 valence electrons. The largest absolute Gasteiger partial charge is 0.465 e. The fourth-order valence-electron chi connectivity index (χ4n) is 2.07. The van der Waals surface area contributed by atoms with Gasteiger partial charge in [-0.3, -0.25) is 0 Å².